The van der Waals surface area contributed by atoms with Gasteiger partial charge in [0.1, 0.15) is 0 Å². The molecule has 0 unspecified atom stereocenters. The summed E-state index contributed by atoms with van der Waals surface area (Å²) in [7, 11) is 0. The highest BCUT2D eigenvalue weighted by Gasteiger charge is 2.34. The molecule has 0 radical (unpaired) electrons. The zero-order valence-electron chi connectivity index (χ0n) is 9.22. The Morgan fingerprint density at radius 3 is 2.78 bits per heavy atom. The van der Waals surface area contributed by atoms with Crippen molar-refractivity contribution in [3.05, 3.63) is 39.2 Å². The standard InChI is InChI=1S/C13H8BrNO2S/c1-2-7-15-12(16)11(18-13(15)17)8-9-5-3-4-6-10(9)14/h1,3-6,8H,7H2/b11-8+. The van der Waals surface area contributed by atoms with E-state index in [0.29, 0.717) is 4.91 Å². The first-order chi connectivity index (χ1) is 8.63. The van der Waals surface area contributed by atoms with Gasteiger partial charge >= 0.3 is 0 Å². The zero-order chi connectivity index (χ0) is 13.1. The van der Waals surface area contributed by atoms with Crippen molar-refractivity contribution >= 4 is 44.9 Å². The Labute approximate surface area is 117 Å². The molecule has 3 nitrogen and oxygen atoms in total. The van der Waals surface area contributed by atoms with Crippen molar-refractivity contribution in [1.82, 2.24) is 4.90 Å². The molecular formula is C13H8BrNO2S. The molecule has 1 aromatic rings. The number of imide groups is 1. The lowest BCUT2D eigenvalue weighted by atomic mass is 10.2. The minimum absolute atomic E-state index is 0.0119. The molecule has 0 bridgehead atoms. The van der Waals surface area contributed by atoms with Gasteiger partial charge in [0.25, 0.3) is 11.1 Å². The van der Waals surface area contributed by atoms with E-state index in [1.54, 1.807) is 6.08 Å². The van der Waals surface area contributed by atoms with Gasteiger partial charge in [-0.1, -0.05) is 40.0 Å². The van der Waals surface area contributed by atoms with Crippen molar-refractivity contribution in [2.24, 2.45) is 0 Å². The van der Waals surface area contributed by atoms with E-state index in [0.717, 1.165) is 26.7 Å². The van der Waals surface area contributed by atoms with Crippen LogP contribution in [0.2, 0.25) is 0 Å². The molecule has 1 aliphatic rings. The number of carbonyl (C=O) groups excluding carboxylic acids is 2. The molecule has 1 aromatic carbocycles. The molecular weight excluding hydrogens is 314 g/mol. The minimum atomic E-state index is -0.335. The predicted octanol–water partition coefficient (Wildman–Crippen LogP) is 3.12. The Bertz CT molecular complexity index is 589. The monoisotopic (exact) mass is 321 g/mol. The SMILES string of the molecule is C#CCN1C(=O)S/C(=C/c2ccccc2Br)C1=O. The number of hydrogen-bond donors (Lipinski definition) is 0. The molecule has 90 valence electrons. The summed E-state index contributed by atoms with van der Waals surface area (Å²) >= 11 is 4.30. The third-order valence-corrected chi connectivity index (χ3v) is 3.94. The van der Waals surface area contributed by atoms with Gasteiger partial charge in [0, 0.05) is 4.47 Å². The minimum Gasteiger partial charge on any atom is -0.268 e. The summed E-state index contributed by atoms with van der Waals surface area (Å²) in [6.07, 6.45) is 6.81. The molecule has 1 heterocycles. The van der Waals surface area contributed by atoms with Crippen LogP contribution in [0.1, 0.15) is 5.56 Å². The first-order valence-electron chi connectivity index (χ1n) is 5.07. The third kappa shape index (κ3) is 2.50. The largest absolute Gasteiger partial charge is 0.294 e. The van der Waals surface area contributed by atoms with Gasteiger partial charge in [-0.3, -0.25) is 14.5 Å². The molecule has 1 saturated heterocycles. The third-order valence-electron chi connectivity index (χ3n) is 2.31. The zero-order valence-corrected chi connectivity index (χ0v) is 11.6. The smallest absolute Gasteiger partial charge is 0.268 e. The summed E-state index contributed by atoms with van der Waals surface area (Å²) in [6.45, 7) is 0.0119. The van der Waals surface area contributed by atoms with Gasteiger partial charge in [-0.2, -0.15) is 0 Å². The second-order valence-electron chi connectivity index (χ2n) is 3.49. The number of nitrogens with zero attached hydrogens (tertiary/aromatic N) is 1. The molecule has 1 fully saturated rings. The van der Waals surface area contributed by atoms with Crippen molar-refractivity contribution in [1.29, 1.82) is 0 Å². The maximum atomic E-state index is 11.9. The normalized spacial score (nSPS) is 17.3. The number of halogens is 1. The molecule has 0 aromatic heterocycles. The Morgan fingerprint density at radius 2 is 2.11 bits per heavy atom. The van der Waals surface area contributed by atoms with E-state index in [1.807, 2.05) is 24.3 Å². The molecule has 0 aliphatic carbocycles. The summed E-state index contributed by atoms with van der Waals surface area (Å²) in [4.78, 5) is 25.0. The van der Waals surface area contributed by atoms with Crippen LogP contribution in [-0.2, 0) is 4.79 Å². The van der Waals surface area contributed by atoms with E-state index in [9.17, 15) is 9.59 Å². The molecule has 1 aliphatic heterocycles. The Balaban J connectivity index is 2.32. The number of hydrogen-bond acceptors (Lipinski definition) is 3. The Hall–Kier alpha value is -1.51. The molecule has 5 heteroatoms. The lowest BCUT2D eigenvalue weighted by molar-refractivity contribution is -0.122. The van der Waals surface area contributed by atoms with Gasteiger partial charge in [-0.05, 0) is 29.5 Å². The van der Waals surface area contributed by atoms with Crippen LogP contribution in [0.3, 0.4) is 0 Å². The van der Waals surface area contributed by atoms with E-state index in [1.165, 1.54) is 0 Å². The second kappa shape index (κ2) is 5.42. The molecule has 0 saturated carbocycles. The number of carbonyl (C=O) groups is 2. The van der Waals surface area contributed by atoms with E-state index in [4.69, 9.17) is 6.42 Å². The highest BCUT2D eigenvalue weighted by molar-refractivity contribution is 9.10. The van der Waals surface area contributed by atoms with Crippen LogP contribution >= 0.6 is 27.7 Å². The Kier molecular flexibility index (Phi) is 3.90. The summed E-state index contributed by atoms with van der Waals surface area (Å²) < 4.78 is 0.869. The predicted molar refractivity (Wildman–Crippen MR) is 75.7 cm³/mol. The van der Waals surface area contributed by atoms with E-state index in [2.05, 4.69) is 21.9 Å². The quantitative estimate of drug-likeness (QED) is 0.620. The lowest BCUT2D eigenvalue weighted by Crippen LogP contribution is -2.28. The van der Waals surface area contributed by atoms with E-state index < -0.39 is 0 Å². The maximum Gasteiger partial charge on any atom is 0.294 e. The van der Waals surface area contributed by atoms with Crippen LogP contribution in [0.4, 0.5) is 4.79 Å². The molecule has 2 rings (SSSR count). The highest BCUT2D eigenvalue weighted by Crippen LogP contribution is 2.33. The number of benzene rings is 1. The average Bonchev–Trinajstić information content (AvgIpc) is 2.60. The fourth-order valence-electron chi connectivity index (χ4n) is 1.46. The number of thioether (sulfide) groups is 1. The number of amides is 2. The molecule has 0 atom stereocenters. The van der Waals surface area contributed by atoms with Crippen LogP contribution in [0.15, 0.2) is 33.6 Å². The fraction of sp³-hybridized carbons (Fsp3) is 0.0769. The van der Waals surface area contributed by atoms with Gasteiger partial charge in [0.05, 0.1) is 11.4 Å². The van der Waals surface area contributed by atoms with Gasteiger partial charge < -0.3 is 0 Å². The highest BCUT2D eigenvalue weighted by atomic mass is 79.9. The van der Waals surface area contributed by atoms with Crippen LogP contribution in [0, 0.1) is 12.3 Å². The summed E-state index contributed by atoms with van der Waals surface area (Å²) in [6, 6.07) is 7.48. The molecule has 0 N–H and O–H groups in total. The summed E-state index contributed by atoms with van der Waals surface area (Å²) in [5.74, 6) is 1.97. The molecule has 0 spiro atoms. The first-order valence-corrected chi connectivity index (χ1v) is 6.68. The molecule has 18 heavy (non-hydrogen) atoms. The fourth-order valence-corrected chi connectivity index (χ4v) is 2.69. The maximum absolute atomic E-state index is 11.9. The number of rotatable bonds is 2. The van der Waals surface area contributed by atoms with Crippen LogP contribution in [0.5, 0.6) is 0 Å². The van der Waals surface area contributed by atoms with Gasteiger partial charge in [0.15, 0.2) is 0 Å². The van der Waals surface area contributed by atoms with E-state index in [-0.39, 0.29) is 17.7 Å². The van der Waals surface area contributed by atoms with Gasteiger partial charge in [-0.25, -0.2) is 0 Å². The van der Waals surface area contributed by atoms with Crippen molar-refractivity contribution in [2.45, 2.75) is 0 Å². The summed E-state index contributed by atoms with van der Waals surface area (Å²) in [5, 5.41) is -0.323. The van der Waals surface area contributed by atoms with Crippen molar-refractivity contribution in [3.8, 4) is 12.3 Å². The lowest BCUT2D eigenvalue weighted by Gasteiger charge is -2.06. The Morgan fingerprint density at radius 1 is 1.39 bits per heavy atom. The van der Waals surface area contributed by atoms with Crippen LogP contribution < -0.4 is 0 Å². The summed E-state index contributed by atoms with van der Waals surface area (Å²) in [5.41, 5.74) is 0.851. The topological polar surface area (TPSA) is 37.4 Å². The van der Waals surface area contributed by atoms with Crippen molar-refractivity contribution in [2.75, 3.05) is 6.54 Å². The van der Waals surface area contributed by atoms with Crippen molar-refractivity contribution in [3.63, 3.8) is 0 Å². The first kappa shape index (κ1) is 12.9. The van der Waals surface area contributed by atoms with Gasteiger partial charge in [0.2, 0.25) is 0 Å². The van der Waals surface area contributed by atoms with Gasteiger partial charge in [-0.15, -0.1) is 6.42 Å². The van der Waals surface area contributed by atoms with Crippen LogP contribution in [0.25, 0.3) is 6.08 Å². The average molecular weight is 322 g/mol. The van der Waals surface area contributed by atoms with Crippen molar-refractivity contribution < 1.29 is 9.59 Å². The number of terminal acetylenes is 1. The van der Waals surface area contributed by atoms with E-state index >= 15 is 0 Å². The molecule has 2 amide bonds. The second-order valence-corrected chi connectivity index (χ2v) is 5.34. The van der Waals surface area contributed by atoms with Crippen LogP contribution in [-0.4, -0.2) is 22.6 Å².